The number of carbonyl (C=O) groups is 3. The molecule has 0 bridgehead atoms. The molecule has 44 heavy (non-hydrogen) atoms. The second-order valence-corrected chi connectivity index (χ2v) is 11.1. The fourth-order valence-electron chi connectivity index (χ4n) is 5.74. The zero-order valence-electron chi connectivity index (χ0n) is 23.9. The van der Waals surface area contributed by atoms with Crippen molar-refractivity contribution in [2.75, 3.05) is 25.5 Å². The maximum atomic E-state index is 13.5. The molecule has 1 aromatic heterocycles. The minimum absolute atomic E-state index is 0.0394. The van der Waals surface area contributed by atoms with Crippen LogP contribution in [0.25, 0.3) is 23.1 Å². The maximum absolute atomic E-state index is 13.5. The number of nitrogens with two attached hydrogens (primary N) is 1. The van der Waals surface area contributed by atoms with Gasteiger partial charge in [-0.1, -0.05) is 60.7 Å². The van der Waals surface area contributed by atoms with Gasteiger partial charge in [0, 0.05) is 23.5 Å². The summed E-state index contributed by atoms with van der Waals surface area (Å²) < 4.78 is 31.7. The molecule has 1 fully saturated rings. The van der Waals surface area contributed by atoms with Crippen molar-refractivity contribution in [3.05, 3.63) is 94.7 Å². The van der Waals surface area contributed by atoms with Crippen LogP contribution in [0.4, 0.5) is 18.9 Å². The van der Waals surface area contributed by atoms with Crippen LogP contribution in [0.5, 0.6) is 0 Å². The van der Waals surface area contributed by atoms with Crippen molar-refractivity contribution in [2.24, 2.45) is 5.73 Å². The Kier molecular flexibility index (Phi) is 8.04. The van der Waals surface area contributed by atoms with Gasteiger partial charge in [0.1, 0.15) is 6.54 Å². The summed E-state index contributed by atoms with van der Waals surface area (Å²) in [5.41, 5.74) is 11.9. The van der Waals surface area contributed by atoms with Crippen molar-refractivity contribution >= 4 is 46.5 Å². The summed E-state index contributed by atoms with van der Waals surface area (Å²) >= 11 is 0. The van der Waals surface area contributed by atoms with Gasteiger partial charge in [-0.05, 0) is 61.0 Å². The SMILES string of the molecule is CN(C)Cc1ccc(/C=C/c2n[nH]c3cc([C@@H]4C[C@@]45C(=O)N(CC(N)=O)c4ccccc45)ccc23)cc1.O=C(O)C(F)(F)F. The van der Waals surface area contributed by atoms with Gasteiger partial charge in [-0.2, -0.15) is 18.3 Å². The lowest BCUT2D eigenvalue weighted by Crippen LogP contribution is -2.39. The molecule has 1 saturated carbocycles. The normalized spacial score (nSPS) is 19.0. The number of hydrogen-bond acceptors (Lipinski definition) is 5. The van der Waals surface area contributed by atoms with Crippen LogP contribution in [-0.2, 0) is 26.3 Å². The van der Waals surface area contributed by atoms with Gasteiger partial charge in [0.2, 0.25) is 11.8 Å². The van der Waals surface area contributed by atoms with E-state index in [0.717, 1.165) is 45.5 Å². The number of hydrogen-bond donors (Lipinski definition) is 3. The van der Waals surface area contributed by atoms with Crippen LogP contribution in [0.15, 0.2) is 66.7 Å². The van der Waals surface area contributed by atoms with Gasteiger partial charge in [-0.15, -0.1) is 0 Å². The lowest BCUT2D eigenvalue weighted by molar-refractivity contribution is -0.192. The summed E-state index contributed by atoms with van der Waals surface area (Å²) in [6.45, 7) is 0.816. The van der Waals surface area contributed by atoms with Gasteiger partial charge in [-0.3, -0.25) is 14.7 Å². The lowest BCUT2D eigenvalue weighted by Gasteiger charge is -2.16. The molecule has 1 aliphatic carbocycles. The van der Waals surface area contributed by atoms with Crippen LogP contribution in [0, 0.1) is 0 Å². The van der Waals surface area contributed by atoms with Gasteiger partial charge in [0.15, 0.2) is 0 Å². The molecule has 3 aromatic carbocycles. The highest BCUT2D eigenvalue weighted by atomic mass is 19.4. The molecule has 6 rings (SSSR count). The third-order valence-corrected chi connectivity index (χ3v) is 7.75. The number of carbonyl (C=O) groups excluding carboxylic acids is 2. The molecular weight excluding hydrogens is 575 g/mol. The van der Waals surface area contributed by atoms with Gasteiger partial charge in [0.25, 0.3) is 0 Å². The Morgan fingerprint density at radius 2 is 1.80 bits per heavy atom. The summed E-state index contributed by atoms with van der Waals surface area (Å²) in [5.74, 6) is -3.26. The Morgan fingerprint density at radius 1 is 1.11 bits per heavy atom. The Morgan fingerprint density at radius 3 is 2.43 bits per heavy atom. The fraction of sp³-hybridized carbons (Fsp3) is 0.250. The number of aliphatic carboxylic acids is 1. The number of nitrogens with zero attached hydrogens (tertiary/aromatic N) is 3. The van der Waals surface area contributed by atoms with Crippen LogP contribution in [0.1, 0.15) is 40.3 Å². The van der Waals surface area contributed by atoms with Gasteiger partial charge in [-0.25, -0.2) is 4.79 Å². The van der Waals surface area contributed by atoms with Gasteiger partial charge < -0.3 is 20.6 Å². The number of fused-ring (bicyclic) bond motifs is 3. The Balaban J connectivity index is 0.000000493. The standard InChI is InChI=1S/C30H29N5O2.C2HF3O2/c1-34(2)17-20-9-7-19(8-10-20)11-14-25-22-13-12-21(15-26(22)33-32-25)24-16-30(24)23-5-3-4-6-27(23)35(29(30)37)18-28(31)36;3-2(4,5)1(6)7/h3-15,24H,16-18H2,1-2H3,(H2,31,36)(H,32,33);(H,6,7)/b14-11+;/t24-,30-;/m0./s1. The van der Waals surface area contributed by atoms with E-state index in [-0.39, 0.29) is 18.4 Å². The first-order valence-corrected chi connectivity index (χ1v) is 13.7. The second kappa shape index (κ2) is 11.6. The number of anilines is 1. The molecule has 228 valence electrons. The Labute approximate surface area is 250 Å². The maximum Gasteiger partial charge on any atom is 0.490 e. The summed E-state index contributed by atoms with van der Waals surface area (Å²) in [4.78, 5) is 37.8. The monoisotopic (exact) mass is 605 g/mol. The molecule has 0 unspecified atom stereocenters. The van der Waals surface area contributed by atoms with Crippen LogP contribution in [0.3, 0.4) is 0 Å². The van der Waals surface area contributed by atoms with Crippen molar-refractivity contribution in [3.63, 3.8) is 0 Å². The summed E-state index contributed by atoms with van der Waals surface area (Å²) in [6.07, 6.45) is -0.273. The van der Waals surface area contributed by atoms with Gasteiger partial charge >= 0.3 is 12.1 Å². The lowest BCUT2D eigenvalue weighted by atomic mass is 9.92. The molecule has 1 aliphatic heterocycles. The van der Waals surface area contributed by atoms with E-state index in [4.69, 9.17) is 15.6 Å². The van der Waals surface area contributed by atoms with Crippen molar-refractivity contribution < 1.29 is 32.7 Å². The summed E-state index contributed by atoms with van der Waals surface area (Å²) in [7, 11) is 4.13. The van der Waals surface area contributed by atoms with E-state index < -0.39 is 23.5 Å². The first kappa shape index (κ1) is 30.5. The Hall–Kier alpha value is -4.97. The van der Waals surface area contributed by atoms with Crippen LogP contribution < -0.4 is 10.6 Å². The minimum atomic E-state index is -5.08. The number of alkyl halides is 3. The quantitative estimate of drug-likeness (QED) is 0.280. The van der Waals surface area contributed by atoms with E-state index >= 15 is 0 Å². The third kappa shape index (κ3) is 5.93. The number of benzene rings is 3. The van der Waals surface area contributed by atoms with E-state index in [2.05, 4.69) is 77.7 Å². The van der Waals surface area contributed by atoms with E-state index in [1.165, 1.54) is 5.56 Å². The van der Waals surface area contributed by atoms with E-state index in [9.17, 15) is 22.8 Å². The Bertz CT molecular complexity index is 1760. The highest BCUT2D eigenvalue weighted by Gasteiger charge is 2.67. The third-order valence-electron chi connectivity index (χ3n) is 7.75. The molecule has 1 spiro atoms. The molecule has 2 aliphatic rings. The van der Waals surface area contributed by atoms with E-state index in [0.29, 0.717) is 6.42 Å². The molecule has 2 amide bonds. The first-order chi connectivity index (χ1) is 20.8. The summed E-state index contributed by atoms with van der Waals surface area (Å²) in [6, 6.07) is 22.5. The van der Waals surface area contributed by atoms with Crippen molar-refractivity contribution in [1.29, 1.82) is 0 Å². The molecule has 2 atom stereocenters. The van der Waals surface area contributed by atoms with Crippen LogP contribution in [-0.4, -0.2) is 64.8 Å². The zero-order chi connectivity index (χ0) is 31.8. The number of carboxylic acid groups (broad SMARTS) is 1. The molecule has 2 heterocycles. The smallest absolute Gasteiger partial charge is 0.475 e. The van der Waals surface area contributed by atoms with E-state index in [1.54, 1.807) is 4.90 Å². The van der Waals surface area contributed by atoms with Gasteiger partial charge in [0.05, 0.1) is 16.6 Å². The number of para-hydroxylation sites is 1. The average molecular weight is 606 g/mol. The highest BCUT2D eigenvalue weighted by Crippen LogP contribution is 2.66. The van der Waals surface area contributed by atoms with E-state index in [1.807, 2.05) is 30.3 Å². The van der Waals surface area contributed by atoms with Crippen LogP contribution in [0.2, 0.25) is 0 Å². The largest absolute Gasteiger partial charge is 0.490 e. The number of rotatable bonds is 7. The highest BCUT2D eigenvalue weighted by molar-refractivity contribution is 6.13. The van der Waals surface area contributed by atoms with Crippen molar-refractivity contribution in [1.82, 2.24) is 15.1 Å². The number of nitrogens with one attached hydrogen (secondary N) is 1. The number of halogens is 3. The predicted molar refractivity (Wildman–Crippen MR) is 160 cm³/mol. The van der Waals surface area contributed by atoms with Crippen LogP contribution >= 0.6 is 0 Å². The minimum Gasteiger partial charge on any atom is -0.475 e. The number of carboxylic acids is 1. The zero-order valence-corrected chi connectivity index (χ0v) is 23.9. The molecule has 12 heteroatoms. The number of aromatic nitrogens is 2. The second-order valence-electron chi connectivity index (χ2n) is 11.1. The molecule has 9 nitrogen and oxygen atoms in total. The number of primary amides is 1. The first-order valence-electron chi connectivity index (χ1n) is 13.7. The molecule has 0 radical (unpaired) electrons. The fourth-order valence-corrected chi connectivity index (χ4v) is 5.74. The molecular formula is C32H30F3N5O4. The number of aromatic amines is 1. The summed E-state index contributed by atoms with van der Waals surface area (Å²) in [5, 5.41) is 15.8. The molecule has 0 saturated heterocycles. The van der Waals surface area contributed by atoms with Crippen molar-refractivity contribution in [2.45, 2.75) is 30.5 Å². The van der Waals surface area contributed by atoms with Crippen molar-refractivity contribution in [3.8, 4) is 0 Å². The predicted octanol–water partition coefficient (Wildman–Crippen LogP) is 4.69. The number of H-pyrrole nitrogens is 1. The topological polar surface area (TPSA) is 133 Å². The number of amides is 2. The average Bonchev–Trinajstić information content (AvgIpc) is 3.53. The molecule has 4 aromatic rings. The molecule has 4 N–H and O–H groups in total.